The van der Waals surface area contributed by atoms with Gasteiger partial charge in [0.2, 0.25) is 0 Å². The SMILES string of the molecule is CCCNC(CCC1CCCCC1)c1cc(Cl)ccc1Cl. The minimum absolute atomic E-state index is 0.332. The van der Waals surface area contributed by atoms with Crippen molar-refractivity contribution in [3.05, 3.63) is 33.8 Å². The summed E-state index contributed by atoms with van der Waals surface area (Å²) in [4.78, 5) is 0. The van der Waals surface area contributed by atoms with Crippen molar-refractivity contribution in [2.24, 2.45) is 5.92 Å². The first-order valence-corrected chi connectivity index (χ1v) is 9.14. The predicted molar refractivity (Wildman–Crippen MR) is 93.3 cm³/mol. The molecule has 3 heteroatoms. The van der Waals surface area contributed by atoms with Gasteiger partial charge in [0.25, 0.3) is 0 Å². The van der Waals surface area contributed by atoms with E-state index in [9.17, 15) is 0 Å². The maximum atomic E-state index is 6.39. The number of rotatable bonds is 7. The summed E-state index contributed by atoms with van der Waals surface area (Å²) in [6, 6.07) is 6.14. The van der Waals surface area contributed by atoms with Crippen LogP contribution in [0.25, 0.3) is 0 Å². The van der Waals surface area contributed by atoms with E-state index in [2.05, 4.69) is 12.2 Å². The second-order valence-corrected chi connectivity index (χ2v) is 7.10. The van der Waals surface area contributed by atoms with Gasteiger partial charge in [-0.15, -0.1) is 0 Å². The lowest BCUT2D eigenvalue weighted by atomic mass is 9.84. The Morgan fingerprint density at radius 3 is 2.67 bits per heavy atom. The highest BCUT2D eigenvalue weighted by Gasteiger charge is 2.19. The van der Waals surface area contributed by atoms with E-state index in [-0.39, 0.29) is 0 Å². The molecule has 0 heterocycles. The monoisotopic (exact) mass is 327 g/mol. The number of halogens is 2. The average molecular weight is 328 g/mol. The maximum Gasteiger partial charge on any atom is 0.0454 e. The van der Waals surface area contributed by atoms with Crippen molar-refractivity contribution in [2.75, 3.05) is 6.54 Å². The van der Waals surface area contributed by atoms with Gasteiger partial charge in [0.05, 0.1) is 0 Å². The first kappa shape index (κ1) is 17.1. The summed E-state index contributed by atoms with van der Waals surface area (Å²) in [6.45, 7) is 3.23. The summed E-state index contributed by atoms with van der Waals surface area (Å²) < 4.78 is 0. The Balaban J connectivity index is 2.00. The van der Waals surface area contributed by atoms with E-state index in [1.165, 1.54) is 38.5 Å². The number of benzene rings is 1. The van der Waals surface area contributed by atoms with Crippen LogP contribution in [0.5, 0.6) is 0 Å². The molecule has 21 heavy (non-hydrogen) atoms. The van der Waals surface area contributed by atoms with E-state index in [1.807, 2.05) is 18.2 Å². The van der Waals surface area contributed by atoms with E-state index in [4.69, 9.17) is 23.2 Å². The molecule has 1 nitrogen and oxygen atoms in total. The lowest BCUT2D eigenvalue weighted by molar-refractivity contribution is 0.314. The number of hydrogen-bond acceptors (Lipinski definition) is 1. The van der Waals surface area contributed by atoms with Gasteiger partial charge in [0.15, 0.2) is 0 Å². The highest BCUT2D eigenvalue weighted by atomic mass is 35.5. The Kier molecular flexibility index (Phi) is 7.36. The Labute approximate surface area is 139 Å². The van der Waals surface area contributed by atoms with E-state index < -0.39 is 0 Å². The molecule has 0 bridgehead atoms. The zero-order chi connectivity index (χ0) is 15.1. The molecule has 1 unspecified atom stereocenters. The van der Waals surface area contributed by atoms with Crippen molar-refractivity contribution in [3.8, 4) is 0 Å². The molecule has 1 atom stereocenters. The molecular weight excluding hydrogens is 301 g/mol. The Bertz CT molecular complexity index is 427. The van der Waals surface area contributed by atoms with Crippen molar-refractivity contribution >= 4 is 23.2 Å². The van der Waals surface area contributed by atoms with E-state index in [0.717, 1.165) is 40.9 Å². The molecule has 0 radical (unpaired) electrons. The standard InChI is InChI=1S/C18H27Cl2N/c1-2-12-21-18(11-8-14-6-4-3-5-7-14)16-13-15(19)9-10-17(16)20/h9-10,13-14,18,21H,2-8,11-12H2,1H3. The normalized spacial score (nSPS) is 17.9. The Morgan fingerprint density at radius 1 is 1.19 bits per heavy atom. The zero-order valence-corrected chi connectivity index (χ0v) is 14.5. The third-order valence-electron chi connectivity index (χ3n) is 4.56. The highest BCUT2D eigenvalue weighted by Crippen LogP contribution is 2.33. The van der Waals surface area contributed by atoms with Gasteiger partial charge in [-0.1, -0.05) is 62.2 Å². The fraction of sp³-hybridized carbons (Fsp3) is 0.667. The van der Waals surface area contributed by atoms with Crippen LogP contribution in [0.15, 0.2) is 18.2 Å². The molecule has 118 valence electrons. The zero-order valence-electron chi connectivity index (χ0n) is 13.0. The Morgan fingerprint density at radius 2 is 1.95 bits per heavy atom. The van der Waals surface area contributed by atoms with Gasteiger partial charge in [-0.05, 0) is 55.5 Å². The van der Waals surface area contributed by atoms with E-state index in [1.54, 1.807) is 0 Å². The molecule has 0 saturated heterocycles. The maximum absolute atomic E-state index is 6.39. The molecule has 1 aromatic carbocycles. The van der Waals surface area contributed by atoms with Crippen LogP contribution in [-0.2, 0) is 0 Å². The molecule has 1 saturated carbocycles. The third-order valence-corrected chi connectivity index (χ3v) is 5.14. The van der Waals surface area contributed by atoms with Crippen molar-refractivity contribution in [1.29, 1.82) is 0 Å². The second kappa shape index (κ2) is 9.02. The van der Waals surface area contributed by atoms with Crippen LogP contribution in [0.2, 0.25) is 10.0 Å². The molecule has 1 N–H and O–H groups in total. The van der Waals surface area contributed by atoms with Gasteiger partial charge >= 0.3 is 0 Å². The molecule has 0 spiro atoms. The number of nitrogens with one attached hydrogen (secondary N) is 1. The summed E-state index contributed by atoms with van der Waals surface area (Å²) in [5, 5.41) is 5.25. The molecule has 2 rings (SSSR count). The first-order chi connectivity index (χ1) is 10.2. The molecule has 0 aromatic heterocycles. The second-order valence-electron chi connectivity index (χ2n) is 6.25. The van der Waals surface area contributed by atoms with Gasteiger partial charge in [-0.2, -0.15) is 0 Å². The first-order valence-electron chi connectivity index (χ1n) is 8.39. The highest BCUT2D eigenvalue weighted by molar-refractivity contribution is 6.33. The molecule has 1 fully saturated rings. The molecular formula is C18H27Cl2N. The fourth-order valence-corrected chi connectivity index (χ4v) is 3.78. The van der Waals surface area contributed by atoms with Crippen LogP contribution < -0.4 is 5.32 Å². The quantitative estimate of drug-likeness (QED) is 0.611. The molecule has 1 aliphatic rings. The third kappa shape index (κ3) is 5.47. The van der Waals surface area contributed by atoms with Gasteiger partial charge in [-0.25, -0.2) is 0 Å². The largest absolute Gasteiger partial charge is 0.310 e. The lowest BCUT2D eigenvalue weighted by Gasteiger charge is -2.25. The molecule has 0 amide bonds. The van der Waals surface area contributed by atoms with Crippen molar-refractivity contribution in [3.63, 3.8) is 0 Å². The van der Waals surface area contributed by atoms with Crippen molar-refractivity contribution < 1.29 is 0 Å². The van der Waals surface area contributed by atoms with Crippen LogP contribution in [0, 0.1) is 5.92 Å². The summed E-state index contributed by atoms with van der Waals surface area (Å²) in [5.41, 5.74) is 1.16. The smallest absolute Gasteiger partial charge is 0.0454 e. The minimum Gasteiger partial charge on any atom is -0.310 e. The molecule has 0 aliphatic heterocycles. The van der Waals surface area contributed by atoms with Gasteiger partial charge in [-0.3, -0.25) is 0 Å². The van der Waals surface area contributed by atoms with E-state index in [0.29, 0.717) is 6.04 Å². The van der Waals surface area contributed by atoms with Crippen LogP contribution >= 0.6 is 23.2 Å². The van der Waals surface area contributed by atoms with Gasteiger partial charge in [0, 0.05) is 16.1 Å². The topological polar surface area (TPSA) is 12.0 Å². The van der Waals surface area contributed by atoms with Crippen LogP contribution in [0.4, 0.5) is 0 Å². The summed E-state index contributed by atoms with van der Waals surface area (Å²) in [6.07, 6.45) is 10.7. The average Bonchev–Trinajstić information content (AvgIpc) is 2.51. The van der Waals surface area contributed by atoms with E-state index >= 15 is 0 Å². The summed E-state index contributed by atoms with van der Waals surface area (Å²) in [5.74, 6) is 0.905. The Hall–Kier alpha value is -0.240. The van der Waals surface area contributed by atoms with Crippen LogP contribution in [0.1, 0.15) is 69.9 Å². The van der Waals surface area contributed by atoms with Gasteiger partial charge < -0.3 is 5.32 Å². The molecule has 1 aliphatic carbocycles. The van der Waals surface area contributed by atoms with Crippen molar-refractivity contribution in [1.82, 2.24) is 5.32 Å². The van der Waals surface area contributed by atoms with Crippen LogP contribution in [0.3, 0.4) is 0 Å². The molecule has 1 aromatic rings. The van der Waals surface area contributed by atoms with Crippen LogP contribution in [-0.4, -0.2) is 6.54 Å². The minimum atomic E-state index is 0.332. The fourth-order valence-electron chi connectivity index (χ4n) is 3.35. The van der Waals surface area contributed by atoms with Gasteiger partial charge in [0.1, 0.15) is 0 Å². The predicted octanol–water partition coefficient (Wildman–Crippen LogP) is 6.39. The number of hydrogen-bond donors (Lipinski definition) is 1. The summed E-state index contributed by atoms with van der Waals surface area (Å²) >= 11 is 12.6. The lowest BCUT2D eigenvalue weighted by Crippen LogP contribution is -2.23. The summed E-state index contributed by atoms with van der Waals surface area (Å²) in [7, 11) is 0. The van der Waals surface area contributed by atoms with Crippen molar-refractivity contribution in [2.45, 2.75) is 64.3 Å².